The van der Waals surface area contributed by atoms with Crippen LogP contribution in [-0.2, 0) is 6.42 Å². The van der Waals surface area contributed by atoms with Gasteiger partial charge < -0.3 is 4.74 Å². The monoisotopic (exact) mass is 337 g/mol. The molecule has 1 aromatic heterocycles. The number of aromatic nitrogens is 2. The van der Waals surface area contributed by atoms with E-state index >= 15 is 0 Å². The highest BCUT2D eigenvalue weighted by Gasteiger charge is 2.11. The van der Waals surface area contributed by atoms with E-state index in [-0.39, 0.29) is 0 Å². The van der Waals surface area contributed by atoms with Crippen LogP contribution in [-0.4, -0.2) is 10.2 Å². The molecule has 0 bridgehead atoms. The van der Waals surface area contributed by atoms with E-state index in [2.05, 4.69) is 28.4 Å². The Balaban J connectivity index is 1.70. The summed E-state index contributed by atoms with van der Waals surface area (Å²) in [6.07, 6.45) is 0.714. The third kappa shape index (κ3) is 3.24. The van der Waals surface area contributed by atoms with Crippen LogP contribution in [0.25, 0.3) is 10.8 Å². The van der Waals surface area contributed by atoms with Crippen LogP contribution in [0.5, 0.6) is 11.6 Å². The summed E-state index contributed by atoms with van der Waals surface area (Å²) in [6.45, 7) is 0. The predicted octanol–water partition coefficient (Wildman–Crippen LogP) is 4.88. The van der Waals surface area contributed by atoms with Gasteiger partial charge in [-0.15, -0.1) is 5.10 Å². The van der Waals surface area contributed by atoms with Crippen molar-refractivity contribution in [3.63, 3.8) is 0 Å². The standard InChI is InChI=1S/C22H15N3O/c23-15-17-10-12-18(13-11-17)26-22-20-9-5-4-8-19(20)21(24-25-22)14-16-6-2-1-3-7-16/h1-13H,14H2. The summed E-state index contributed by atoms with van der Waals surface area (Å²) in [7, 11) is 0. The van der Waals surface area contributed by atoms with Crippen molar-refractivity contribution in [2.45, 2.75) is 6.42 Å². The Bertz CT molecular complexity index is 1080. The summed E-state index contributed by atoms with van der Waals surface area (Å²) >= 11 is 0. The van der Waals surface area contributed by atoms with E-state index < -0.39 is 0 Å². The number of benzene rings is 3. The average molecular weight is 337 g/mol. The van der Waals surface area contributed by atoms with Crippen molar-refractivity contribution in [1.29, 1.82) is 5.26 Å². The summed E-state index contributed by atoms with van der Waals surface area (Å²) in [5.74, 6) is 1.08. The van der Waals surface area contributed by atoms with Gasteiger partial charge in [-0.25, -0.2) is 0 Å². The molecule has 4 rings (SSSR count). The van der Waals surface area contributed by atoms with Crippen LogP contribution >= 0.6 is 0 Å². The van der Waals surface area contributed by atoms with E-state index in [9.17, 15) is 0 Å². The molecule has 26 heavy (non-hydrogen) atoms. The number of hydrogen-bond acceptors (Lipinski definition) is 4. The van der Waals surface area contributed by atoms with Crippen molar-refractivity contribution in [2.24, 2.45) is 0 Å². The number of nitrogens with zero attached hydrogens (tertiary/aromatic N) is 3. The molecule has 0 aliphatic carbocycles. The molecular weight excluding hydrogens is 322 g/mol. The van der Waals surface area contributed by atoms with Gasteiger partial charge in [0.25, 0.3) is 0 Å². The Morgan fingerprint density at radius 3 is 2.19 bits per heavy atom. The molecule has 1 heterocycles. The van der Waals surface area contributed by atoms with Crippen LogP contribution < -0.4 is 4.74 Å². The zero-order valence-corrected chi connectivity index (χ0v) is 14.0. The number of fused-ring (bicyclic) bond motifs is 1. The minimum atomic E-state index is 0.460. The summed E-state index contributed by atoms with van der Waals surface area (Å²) in [6, 6.07) is 27.2. The molecule has 0 spiro atoms. The Morgan fingerprint density at radius 1 is 0.769 bits per heavy atom. The van der Waals surface area contributed by atoms with E-state index in [0.29, 0.717) is 23.6 Å². The third-order valence-electron chi connectivity index (χ3n) is 4.14. The molecular formula is C22H15N3O. The molecule has 4 heteroatoms. The fourth-order valence-corrected chi connectivity index (χ4v) is 2.84. The van der Waals surface area contributed by atoms with Crippen molar-refractivity contribution < 1.29 is 4.74 Å². The van der Waals surface area contributed by atoms with Crippen LogP contribution in [0.1, 0.15) is 16.8 Å². The lowest BCUT2D eigenvalue weighted by Crippen LogP contribution is -1.99. The molecule has 4 nitrogen and oxygen atoms in total. The quantitative estimate of drug-likeness (QED) is 0.532. The summed E-state index contributed by atoms with van der Waals surface area (Å²) in [5.41, 5.74) is 2.69. The minimum Gasteiger partial charge on any atom is -0.437 e. The van der Waals surface area contributed by atoms with Gasteiger partial charge in [0.05, 0.1) is 17.3 Å². The minimum absolute atomic E-state index is 0.460. The molecule has 0 aliphatic rings. The Hall–Kier alpha value is -3.71. The van der Waals surface area contributed by atoms with Gasteiger partial charge in [0, 0.05) is 17.2 Å². The zero-order chi connectivity index (χ0) is 17.8. The second-order valence-electron chi connectivity index (χ2n) is 5.90. The van der Waals surface area contributed by atoms with Gasteiger partial charge in [-0.05, 0) is 35.9 Å². The maximum absolute atomic E-state index is 8.90. The molecule has 0 atom stereocenters. The van der Waals surface area contributed by atoms with Gasteiger partial charge in [-0.1, -0.05) is 48.5 Å². The molecule has 3 aromatic carbocycles. The number of rotatable bonds is 4. The molecule has 0 saturated heterocycles. The van der Waals surface area contributed by atoms with Crippen molar-refractivity contribution >= 4 is 10.8 Å². The van der Waals surface area contributed by atoms with Crippen molar-refractivity contribution in [1.82, 2.24) is 10.2 Å². The Morgan fingerprint density at radius 2 is 1.46 bits per heavy atom. The number of ether oxygens (including phenoxy) is 1. The first-order valence-corrected chi connectivity index (χ1v) is 8.30. The van der Waals surface area contributed by atoms with Crippen LogP contribution in [0.15, 0.2) is 78.9 Å². The van der Waals surface area contributed by atoms with Gasteiger partial charge in [0.1, 0.15) is 5.75 Å². The largest absolute Gasteiger partial charge is 0.437 e. The second kappa shape index (κ2) is 7.04. The Kier molecular flexibility index (Phi) is 4.28. The van der Waals surface area contributed by atoms with Crippen LogP contribution in [0, 0.1) is 11.3 Å². The van der Waals surface area contributed by atoms with Crippen LogP contribution in [0.2, 0.25) is 0 Å². The molecule has 0 saturated carbocycles. The summed E-state index contributed by atoms with van der Waals surface area (Å²) < 4.78 is 5.91. The maximum Gasteiger partial charge on any atom is 0.246 e. The molecule has 0 aliphatic heterocycles. The lowest BCUT2D eigenvalue weighted by molar-refractivity contribution is 0.461. The molecule has 124 valence electrons. The molecule has 0 radical (unpaired) electrons. The molecule has 0 N–H and O–H groups in total. The number of nitriles is 1. The Labute approximate surface area is 151 Å². The third-order valence-corrected chi connectivity index (χ3v) is 4.14. The second-order valence-corrected chi connectivity index (χ2v) is 5.90. The van der Waals surface area contributed by atoms with Gasteiger partial charge in [-0.2, -0.15) is 10.4 Å². The summed E-state index contributed by atoms with van der Waals surface area (Å²) in [5, 5.41) is 19.5. The fraction of sp³-hybridized carbons (Fsp3) is 0.0455. The average Bonchev–Trinajstić information content (AvgIpc) is 2.71. The first-order chi connectivity index (χ1) is 12.8. The van der Waals surface area contributed by atoms with E-state index in [4.69, 9.17) is 10.00 Å². The predicted molar refractivity (Wildman–Crippen MR) is 100 cm³/mol. The smallest absolute Gasteiger partial charge is 0.246 e. The van der Waals surface area contributed by atoms with E-state index in [1.165, 1.54) is 5.56 Å². The van der Waals surface area contributed by atoms with E-state index in [0.717, 1.165) is 16.5 Å². The highest BCUT2D eigenvalue weighted by atomic mass is 16.5. The van der Waals surface area contributed by atoms with Crippen molar-refractivity contribution in [2.75, 3.05) is 0 Å². The van der Waals surface area contributed by atoms with Gasteiger partial charge in [-0.3, -0.25) is 0 Å². The first-order valence-electron chi connectivity index (χ1n) is 8.30. The lowest BCUT2D eigenvalue weighted by Gasteiger charge is -2.10. The highest BCUT2D eigenvalue weighted by molar-refractivity contribution is 5.88. The summed E-state index contributed by atoms with van der Waals surface area (Å²) in [4.78, 5) is 0. The molecule has 0 fully saturated rings. The molecule has 4 aromatic rings. The van der Waals surface area contributed by atoms with Gasteiger partial charge in [0.2, 0.25) is 5.88 Å². The van der Waals surface area contributed by atoms with E-state index in [1.54, 1.807) is 24.3 Å². The molecule has 0 amide bonds. The van der Waals surface area contributed by atoms with Crippen molar-refractivity contribution in [3.05, 3.63) is 95.7 Å². The topological polar surface area (TPSA) is 58.8 Å². The highest BCUT2D eigenvalue weighted by Crippen LogP contribution is 2.29. The van der Waals surface area contributed by atoms with Gasteiger partial charge >= 0.3 is 0 Å². The first kappa shape index (κ1) is 15.8. The zero-order valence-electron chi connectivity index (χ0n) is 14.0. The van der Waals surface area contributed by atoms with Crippen LogP contribution in [0.3, 0.4) is 0 Å². The van der Waals surface area contributed by atoms with E-state index in [1.807, 2.05) is 42.5 Å². The number of hydrogen-bond donors (Lipinski definition) is 0. The lowest BCUT2D eigenvalue weighted by atomic mass is 10.0. The van der Waals surface area contributed by atoms with Gasteiger partial charge in [0.15, 0.2) is 0 Å². The normalized spacial score (nSPS) is 10.4. The fourth-order valence-electron chi connectivity index (χ4n) is 2.84. The van der Waals surface area contributed by atoms with Crippen LogP contribution in [0.4, 0.5) is 0 Å². The van der Waals surface area contributed by atoms with Crippen molar-refractivity contribution in [3.8, 4) is 17.7 Å². The SMILES string of the molecule is N#Cc1ccc(Oc2nnc(Cc3ccccc3)c3ccccc23)cc1. The maximum atomic E-state index is 8.90. The molecule has 0 unspecified atom stereocenters.